The van der Waals surface area contributed by atoms with Gasteiger partial charge in [-0.25, -0.2) is 4.79 Å². The molecule has 0 saturated carbocycles. The Kier molecular flexibility index (Phi) is 4.14. The average molecular weight is 298 g/mol. The number of halogens is 1. The number of benzene rings is 1. The Balaban J connectivity index is 2.18. The van der Waals surface area contributed by atoms with Crippen LogP contribution in [-0.2, 0) is 17.7 Å². The lowest BCUT2D eigenvalue weighted by Crippen LogP contribution is -2.40. The van der Waals surface area contributed by atoms with Crippen LogP contribution in [0.15, 0.2) is 12.1 Å². The summed E-state index contributed by atoms with van der Waals surface area (Å²) in [5.74, 6) is 0.708. The summed E-state index contributed by atoms with van der Waals surface area (Å²) in [6.07, 6.45) is 0.444. The lowest BCUT2D eigenvalue weighted by atomic mass is 9.99. The number of hydrogen-bond acceptors (Lipinski definition) is 3. The maximum absolute atomic E-state index is 12.1. The topological polar surface area (TPSA) is 38.8 Å². The quantitative estimate of drug-likeness (QED) is 0.794. The molecule has 4 nitrogen and oxygen atoms in total. The second-order valence-electron chi connectivity index (χ2n) is 5.90. The zero-order chi connectivity index (χ0) is 14.9. The van der Waals surface area contributed by atoms with Crippen LogP contribution in [0, 0.1) is 0 Å². The highest BCUT2D eigenvalue weighted by molar-refractivity contribution is 6.31. The summed E-state index contributed by atoms with van der Waals surface area (Å²) >= 11 is 6.25. The minimum Gasteiger partial charge on any atom is -0.497 e. The summed E-state index contributed by atoms with van der Waals surface area (Å²) in [4.78, 5) is 13.8. The van der Waals surface area contributed by atoms with Crippen molar-refractivity contribution < 1.29 is 14.3 Å². The Morgan fingerprint density at radius 2 is 2.05 bits per heavy atom. The van der Waals surface area contributed by atoms with Gasteiger partial charge in [0.2, 0.25) is 0 Å². The minimum absolute atomic E-state index is 0.290. The molecule has 0 spiro atoms. The van der Waals surface area contributed by atoms with Gasteiger partial charge in [0.1, 0.15) is 11.4 Å². The average Bonchev–Trinajstić information content (AvgIpc) is 2.35. The lowest BCUT2D eigenvalue weighted by Gasteiger charge is -2.31. The van der Waals surface area contributed by atoms with Crippen LogP contribution < -0.4 is 4.74 Å². The van der Waals surface area contributed by atoms with Crippen molar-refractivity contribution in [2.24, 2.45) is 0 Å². The summed E-state index contributed by atoms with van der Waals surface area (Å²) in [7, 11) is 1.60. The van der Waals surface area contributed by atoms with Gasteiger partial charge in [-0.2, -0.15) is 0 Å². The third-order valence-electron chi connectivity index (χ3n) is 3.14. The van der Waals surface area contributed by atoms with Crippen molar-refractivity contribution in [3.8, 4) is 5.75 Å². The Hall–Kier alpha value is -1.42. The molecule has 0 aromatic heterocycles. The van der Waals surface area contributed by atoms with Crippen LogP contribution in [-0.4, -0.2) is 30.2 Å². The Labute approximate surface area is 124 Å². The summed E-state index contributed by atoms with van der Waals surface area (Å²) in [6, 6.07) is 3.74. The number of carbonyl (C=O) groups excluding carboxylic acids is 1. The van der Waals surface area contributed by atoms with Gasteiger partial charge in [-0.05, 0) is 50.5 Å². The smallest absolute Gasteiger partial charge is 0.410 e. The minimum atomic E-state index is -0.483. The molecule has 0 saturated heterocycles. The van der Waals surface area contributed by atoms with Crippen LogP contribution in [0.4, 0.5) is 4.79 Å². The van der Waals surface area contributed by atoms with E-state index in [-0.39, 0.29) is 6.09 Å². The Morgan fingerprint density at radius 3 is 2.65 bits per heavy atom. The molecule has 1 aromatic rings. The molecular formula is C15H20ClNO3. The van der Waals surface area contributed by atoms with E-state index in [1.54, 1.807) is 12.0 Å². The number of methoxy groups -OCH3 is 1. The van der Waals surface area contributed by atoms with E-state index in [4.69, 9.17) is 21.1 Å². The van der Waals surface area contributed by atoms with Crippen LogP contribution in [0.1, 0.15) is 31.9 Å². The van der Waals surface area contributed by atoms with Gasteiger partial charge in [-0.1, -0.05) is 11.6 Å². The maximum atomic E-state index is 12.1. The molecule has 1 aromatic carbocycles. The van der Waals surface area contributed by atoms with Gasteiger partial charge in [0.25, 0.3) is 0 Å². The molecule has 0 radical (unpaired) electrons. The standard InChI is InChI=1S/C15H20ClNO3/c1-15(2,3)20-14(18)17-6-5-12-10(9-17)7-11(19-4)8-13(12)16/h7-8H,5-6,9H2,1-4H3. The highest BCUT2D eigenvalue weighted by Gasteiger charge is 2.27. The van der Waals surface area contributed by atoms with Crippen molar-refractivity contribution in [2.45, 2.75) is 39.3 Å². The number of rotatable bonds is 1. The summed E-state index contributed by atoms with van der Waals surface area (Å²) in [5.41, 5.74) is 1.63. The second-order valence-corrected chi connectivity index (χ2v) is 6.31. The van der Waals surface area contributed by atoms with Gasteiger partial charge >= 0.3 is 6.09 Å². The number of fused-ring (bicyclic) bond motifs is 1. The van der Waals surface area contributed by atoms with Crippen molar-refractivity contribution in [3.05, 3.63) is 28.3 Å². The summed E-state index contributed by atoms with van der Waals surface area (Å²) < 4.78 is 10.6. The summed E-state index contributed by atoms with van der Waals surface area (Å²) in [5, 5.41) is 0.697. The van der Waals surface area contributed by atoms with Gasteiger partial charge < -0.3 is 14.4 Å². The van der Waals surface area contributed by atoms with Gasteiger partial charge in [0, 0.05) is 18.1 Å². The molecule has 1 aliphatic rings. The molecule has 1 heterocycles. The maximum Gasteiger partial charge on any atom is 0.410 e. The molecule has 0 N–H and O–H groups in total. The van der Waals surface area contributed by atoms with Crippen LogP contribution in [0.2, 0.25) is 5.02 Å². The van der Waals surface area contributed by atoms with Crippen LogP contribution in [0.25, 0.3) is 0 Å². The molecule has 1 amide bonds. The lowest BCUT2D eigenvalue weighted by molar-refractivity contribution is 0.0224. The number of carbonyl (C=O) groups is 1. The number of ether oxygens (including phenoxy) is 2. The molecule has 110 valence electrons. The van der Waals surface area contributed by atoms with Crippen LogP contribution >= 0.6 is 11.6 Å². The van der Waals surface area contributed by atoms with Gasteiger partial charge in [0.05, 0.1) is 7.11 Å². The van der Waals surface area contributed by atoms with Gasteiger partial charge in [-0.3, -0.25) is 0 Å². The molecule has 0 aliphatic carbocycles. The molecular weight excluding hydrogens is 278 g/mol. The van der Waals surface area contributed by atoms with E-state index in [0.717, 1.165) is 17.5 Å². The van der Waals surface area contributed by atoms with Crippen LogP contribution in [0.3, 0.4) is 0 Å². The first-order valence-electron chi connectivity index (χ1n) is 6.63. The van der Waals surface area contributed by atoms with Gasteiger partial charge in [0.15, 0.2) is 0 Å². The van der Waals surface area contributed by atoms with E-state index < -0.39 is 5.60 Å². The predicted molar refractivity (Wildman–Crippen MR) is 78.4 cm³/mol. The number of amides is 1. The second kappa shape index (κ2) is 5.52. The normalized spacial score (nSPS) is 14.8. The molecule has 0 bridgehead atoms. The van der Waals surface area contributed by atoms with Crippen LogP contribution in [0.5, 0.6) is 5.75 Å². The molecule has 0 unspecified atom stereocenters. The van der Waals surface area contributed by atoms with E-state index in [1.165, 1.54) is 0 Å². The highest BCUT2D eigenvalue weighted by atomic mass is 35.5. The third kappa shape index (κ3) is 3.37. The molecule has 20 heavy (non-hydrogen) atoms. The first-order chi connectivity index (χ1) is 9.30. The predicted octanol–water partition coefficient (Wildman–Crippen LogP) is 3.64. The molecule has 5 heteroatoms. The first-order valence-corrected chi connectivity index (χ1v) is 7.01. The van der Waals surface area contributed by atoms with E-state index in [1.807, 2.05) is 32.9 Å². The molecule has 1 aliphatic heterocycles. The van der Waals surface area contributed by atoms with E-state index in [9.17, 15) is 4.79 Å². The van der Waals surface area contributed by atoms with Crippen molar-refractivity contribution in [3.63, 3.8) is 0 Å². The fraction of sp³-hybridized carbons (Fsp3) is 0.533. The Morgan fingerprint density at radius 1 is 1.35 bits per heavy atom. The SMILES string of the molecule is COc1cc(Cl)c2c(c1)CN(C(=O)OC(C)(C)C)CC2. The van der Waals surface area contributed by atoms with E-state index >= 15 is 0 Å². The number of hydrogen-bond donors (Lipinski definition) is 0. The first kappa shape index (κ1) is 15.0. The van der Waals surface area contributed by atoms with Crippen molar-refractivity contribution in [1.82, 2.24) is 4.90 Å². The van der Waals surface area contributed by atoms with Crippen molar-refractivity contribution in [1.29, 1.82) is 0 Å². The number of nitrogens with zero attached hydrogens (tertiary/aromatic N) is 1. The third-order valence-corrected chi connectivity index (χ3v) is 3.48. The van der Waals surface area contributed by atoms with Gasteiger partial charge in [-0.15, -0.1) is 0 Å². The fourth-order valence-corrected chi connectivity index (χ4v) is 2.54. The van der Waals surface area contributed by atoms with Crippen molar-refractivity contribution >= 4 is 17.7 Å². The molecule has 0 atom stereocenters. The summed E-state index contributed by atoms with van der Waals surface area (Å²) in [6.45, 7) is 6.71. The zero-order valence-electron chi connectivity index (χ0n) is 12.3. The van der Waals surface area contributed by atoms with E-state index in [2.05, 4.69) is 0 Å². The largest absolute Gasteiger partial charge is 0.497 e. The monoisotopic (exact) mass is 297 g/mol. The highest BCUT2D eigenvalue weighted by Crippen LogP contribution is 2.31. The zero-order valence-corrected chi connectivity index (χ0v) is 13.1. The molecule has 2 rings (SSSR count). The fourth-order valence-electron chi connectivity index (χ4n) is 2.22. The van der Waals surface area contributed by atoms with Crippen molar-refractivity contribution in [2.75, 3.05) is 13.7 Å². The Bertz CT molecular complexity index is 523. The van der Waals surface area contributed by atoms with E-state index in [0.29, 0.717) is 23.9 Å². The molecule has 0 fully saturated rings.